The van der Waals surface area contributed by atoms with Crippen LogP contribution in [0, 0.1) is 16.7 Å². The number of nitriles is 1. The van der Waals surface area contributed by atoms with Gasteiger partial charge in [0, 0.05) is 19.1 Å². The standard InChI is InChI=1S/C20H21N7O/c21-10-14-16-18(26-25-14)24-19(15(11-28)23-16)27-7-5-20(6-8-27)9-12-3-1-2-4-13(12)17(20)22/h1-4,17,28H,5-9,11,22H2,(H,24,25,26)/t17-/m1/s1. The number of fused-ring (bicyclic) bond motifs is 2. The second kappa shape index (κ2) is 6.26. The van der Waals surface area contributed by atoms with E-state index in [1.54, 1.807) is 0 Å². The van der Waals surface area contributed by atoms with Gasteiger partial charge in [-0.1, -0.05) is 24.3 Å². The summed E-state index contributed by atoms with van der Waals surface area (Å²) in [5.74, 6) is 0.655. The van der Waals surface area contributed by atoms with Crippen LogP contribution in [0.2, 0.25) is 0 Å². The number of nitrogens with zero attached hydrogens (tertiary/aromatic N) is 5. The van der Waals surface area contributed by atoms with E-state index in [9.17, 15) is 5.11 Å². The molecule has 0 amide bonds. The third-order valence-electron chi connectivity index (χ3n) is 6.35. The predicted octanol–water partition coefficient (Wildman–Crippen LogP) is 1.56. The van der Waals surface area contributed by atoms with Crippen molar-refractivity contribution in [3.63, 3.8) is 0 Å². The Labute approximate surface area is 162 Å². The SMILES string of the molecule is N#Cc1n[nH]c2nc(N3CCC4(CC3)Cc3ccccc3[C@H]4N)c(CO)nc12. The first-order valence-corrected chi connectivity index (χ1v) is 9.49. The van der Waals surface area contributed by atoms with Gasteiger partial charge >= 0.3 is 0 Å². The van der Waals surface area contributed by atoms with E-state index in [2.05, 4.69) is 49.3 Å². The Kier molecular flexibility index (Phi) is 3.82. The molecule has 1 aliphatic carbocycles. The highest BCUT2D eigenvalue weighted by atomic mass is 16.3. The fourth-order valence-corrected chi connectivity index (χ4v) is 4.77. The normalized spacial score (nSPS) is 20.5. The number of hydrogen-bond donors (Lipinski definition) is 3. The van der Waals surface area contributed by atoms with Crippen molar-refractivity contribution in [1.82, 2.24) is 20.2 Å². The number of nitrogens with one attached hydrogen (secondary N) is 1. The fourth-order valence-electron chi connectivity index (χ4n) is 4.77. The Bertz CT molecular complexity index is 1090. The fraction of sp³-hybridized carbons (Fsp3) is 0.400. The first kappa shape index (κ1) is 17.1. The summed E-state index contributed by atoms with van der Waals surface area (Å²) in [6.07, 6.45) is 2.93. The van der Waals surface area contributed by atoms with Gasteiger partial charge in [0.1, 0.15) is 17.3 Å². The molecule has 0 saturated carbocycles. The number of anilines is 1. The van der Waals surface area contributed by atoms with E-state index in [4.69, 9.17) is 11.0 Å². The van der Waals surface area contributed by atoms with Crippen LogP contribution in [0.3, 0.4) is 0 Å². The molecule has 1 fully saturated rings. The minimum Gasteiger partial charge on any atom is -0.390 e. The summed E-state index contributed by atoms with van der Waals surface area (Å²) in [7, 11) is 0. The number of benzene rings is 1. The first-order valence-electron chi connectivity index (χ1n) is 9.49. The van der Waals surface area contributed by atoms with E-state index < -0.39 is 0 Å². The maximum absolute atomic E-state index is 9.81. The number of piperidine rings is 1. The molecule has 1 aromatic carbocycles. The van der Waals surface area contributed by atoms with Crippen LogP contribution < -0.4 is 10.6 Å². The Morgan fingerprint density at radius 3 is 2.79 bits per heavy atom. The molecule has 142 valence electrons. The molecular formula is C20H21N7O. The first-order chi connectivity index (χ1) is 13.6. The molecule has 1 spiro atoms. The van der Waals surface area contributed by atoms with Crippen LogP contribution in [0.15, 0.2) is 24.3 Å². The highest BCUT2D eigenvalue weighted by Crippen LogP contribution is 2.51. The lowest BCUT2D eigenvalue weighted by atomic mass is 9.73. The summed E-state index contributed by atoms with van der Waals surface area (Å²) in [4.78, 5) is 11.2. The van der Waals surface area contributed by atoms with Crippen LogP contribution in [0.4, 0.5) is 5.82 Å². The number of nitrogens with two attached hydrogens (primary N) is 1. The summed E-state index contributed by atoms with van der Waals surface area (Å²) < 4.78 is 0. The molecule has 1 atom stereocenters. The van der Waals surface area contributed by atoms with Gasteiger partial charge in [-0.2, -0.15) is 10.4 Å². The summed E-state index contributed by atoms with van der Waals surface area (Å²) in [5.41, 5.74) is 10.9. The van der Waals surface area contributed by atoms with E-state index >= 15 is 0 Å². The molecule has 1 saturated heterocycles. The zero-order valence-electron chi connectivity index (χ0n) is 15.4. The third kappa shape index (κ3) is 2.40. The minimum atomic E-state index is -0.235. The van der Waals surface area contributed by atoms with Crippen molar-refractivity contribution in [3.8, 4) is 6.07 Å². The molecule has 3 heterocycles. The highest BCUT2D eigenvalue weighted by molar-refractivity contribution is 5.77. The van der Waals surface area contributed by atoms with Gasteiger partial charge in [0.15, 0.2) is 17.2 Å². The molecule has 8 nitrogen and oxygen atoms in total. The lowest BCUT2D eigenvalue weighted by Crippen LogP contribution is -2.45. The molecule has 5 rings (SSSR count). The lowest BCUT2D eigenvalue weighted by molar-refractivity contribution is 0.187. The largest absolute Gasteiger partial charge is 0.390 e. The molecule has 28 heavy (non-hydrogen) atoms. The van der Waals surface area contributed by atoms with E-state index in [0.29, 0.717) is 22.7 Å². The van der Waals surface area contributed by atoms with Gasteiger partial charge in [-0.15, -0.1) is 0 Å². The van der Waals surface area contributed by atoms with E-state index in [1.807, 2.05) is 6.07 Å². The van der Waals surface area contributed by atoms with Gasteiger partial charge < -0.3 is 15.7 Å². The van der Waals surface area contributed by atoms with Crippen molar-refractivity contribution in [2.75, 3.05) is 18.0 Å². The Morgan fingerprint density at radius 1 is 1.29 bits per heavy atom. The van der Waals surface area contributed by atoms with Crippen molar-refractivity contribution in [3.05, 3.63) is 46.8 Å². The minimum absolute atomic E-state index is 0.0579. The number of aliphatic hydroxyl groups is 1. The van der Waals surface area contributed by atoms with E-state index in [0.717, 1.165) is 32.4 Å². The van der Waals surface area contributed by atoms with Crippen LogP contribution in [0.5, 0.6) is 0 Å². The molecule has 1 aliphatic heterocycles. The van der Waals surface area contributed by atoms with Gasteiger partial charge in [0.05, 0.1) is 6.61 Å². The predicted molar refractivity (Wildman–Crippen MR) is 103 cm³/mol. The van der Waals surface area contributed by atoms with Gasteiger partial charge in [0.2, 0.25) is 0 Å². The molecule has 4 N–H and O–H groups in total. The van der Waals surface area contributed by atoms with Crippen LogP contribution >= 0.6 is 0 Å². The number of hydrogen-bond acceptors (Lipinski definition) is 7. The summed E-state index contributed by atoms with van der Waals surface area (Å²) in [6, 6.07) is 10.5. The van der Waals surface area contributed by atoms with Crippen LogP contribution in [-0.4, -0.2) is 38.4 Å². The Hall–Kier alpha value is -3.02. The molecule has 0 radical (unpaired) electrons. The van der Waals surface area contributed by atoms with E-state index in [1.165, 1.54) is 11.1 Å². The number of rotatable bonds is 2. The molecule has 8 heteroatoms. The monoisotopic (exact) mass is 375 g/mol. The van der Waals surface area contributed by atoms with Gasteiger partial charge in [-0.3, -0.25) is 5.10 Å². The quantitative estimate of drug-likeness (QED) is 0.620. The van der Waals surface area contributed by atoms with Crippen molar-refractivity contribution in [1.29, 1.82) is 5.26 Å². The summed E-state index contributed by atoms with van der Waals surface area (Å²) in [5, 5.41) is 25.7. The van der Waals surface area contributed by atoms with E-state index in [-0.39, 0.29) is 23.8 Å². The van der Waals surface area contributed by atoms with Gasteiger partial charge in [-0.25, -0.2) is 9.97 Å². The molecule has 2 aliphatic rings. The van der Waals surface area contributed by atoms with Crippen molar-refractivity contribution < 1.29 is 5.11 Å². The zero-order valence-corrected chi connectivity index (χ0v) is 15.4. The second-order valence-electron chi connectivity index (χ2n) is 7.74. The van der Waals surface area contributed by atoms with Crippen LogP contribution in [0.25, 0.3) is 11.2 Å². The Balaban J connectivity index is 1.43. The molecule has 2 aromatic heterocycles. The number of aromatic amines is 1. The van der Waals surface area contributed by atoms with Gasteiger partial charge in [-0.05, 0) is 35.8 Å². The number of H-pyrrole nitrogens is 1. The summed E-state index contributed by atoms with van der Waals surface area (Å²) in [6.45, 7) is 1.36. The molecule has 0 unspecified atom stereocenters. The zero-order chi connectivity index (χ0) is 19.3. The highest BCUT2D eigenvalue weighted by Gasteiger charge is 2.46. The number of aliphatic hydroxyl groups excluding tert-OH is 1. The average molecular weight is 375 g/mol. The Morgan fingerprint density at radius 2 is 2.07 bits per heavy atom. The van der Waals surface area contributed by atoms with Gasteiger partial charge in [0.25, 0.3) is 0 Å². The second-order valence-corrected chi connectivity index (χ2v) is 7.74. The topological polar surface area (TPSA) is 128 Å². The maximum atomic E-state index is 9.81. The molecular weight excluding hydrogens is 354 g/mol. The van der Waals surface area contributed by atoms with Crippen molar-refractivity contribution >= 4 is 17.0 Å². The smallest absolute Gasteiger partial charge is 0.190 e. The lowest BCUT2D eigenvalue weighted by Gasteiger charge is -2.42. The third-order valence-corrected chi connectivity index (χ3v) is 6.35. The number of aromatic nitrogens is 4. The molecule has 3 aromatic rings. The summed E-state index contributed by atoms with van der Waals surface area (Å²) >= 11 is 0. The van der Waals surface area contributed by atoms with Crippen LogP contribution in [0.1, 0.15) is 41.4 Å². The average Bonchev–Trinajstić information content (AvgIpc) is 3.26. The van der Waals surface area contributed by atoms with Crippen LogP contribution in [-0.2, 0) is 13.0 Å². The van der Waals surface area contributed by atoms with Crippen molar-refractivity contribution in [2.45, 2.75) is 31.9 Å². The maximum Gasteiger partial charge on any atom is 0.190 e. The van der Waals surface area contributed by atoms with Crippen molar-refractivity contribution in [2.24, 2.45) is 11.1 Å². The molecule has 0 bridgehead atoms.